The minimum absolute atomic E-state index is 0.0776. The molecule has 2 N–H and O–H groups in total. The first-order chi connectivity index (χ1) is 18.9. The van der Waals surface area contributed by atoms with Gasteiger partial charge in [-0.25, -0.2) is 9.59 Å². The number of unbranched alkanes of at least 4 members (excludes halogenated alkanes) is 1. The van der Waals surface area contributed by atoms with Crippen molar-refractivity contribution in [2.24, 2.45) is 5.92 Å². The third kappa shape index (κ3) is 10.8. The van der Waals surface area contributed by atoms with Crippen molar-refractivity contribution in [3.05, 3.63) is 48.6 Å². The first kappa shape index (κ1) is 33.1. The summed E-state index contributed by atoms with van der Waals surface area (Å²) in [5.41, 5.74) is -0.514. The van der Waals surface area contributed by atoms with Crippen LogP contribution in [0.2, 0.25) is 0 Å². The van der Waals surface area contributed by atoms with Crippen molar-refractivity contribution in [1.29, 1.82) is 0 Å². The van der Waals surface area contributed by atoms with Crippen molar-refractivity contribution in [3.8, 4) is 0 Å². The highest BCUT2D eigenvalue weighted by Crippen LogP contribution is 2.34. The molecular weight excluding hydrogens is 514 g/mol. The lowest BCUT2D eigenvalue weighted by Crippen LogP contribution is -2.52. The SMILES string of the molecule is C=C[C@H](CCN[C@@H](CCCCNC(=O)OCc1ccccc1)C(=O)OC)[C@H]1COC(C)(C)N1C(=O)OC(C)(C)C. The molecule has 1 aromatic carbocycles. The molecule has 1 aliphatic heterocycles. The molecule has 1 aromatic rings. The molecule has 1 heterocycles. The number of amides is 2. The third-order valence-corrected chi connectivity index (χ3v) is 6.66. The van der Waals surface area contributed by atoms with Crippen LogP contribution < -0.4 is 10.6 Å². The van der Waals surface area contributed by atoms with Gasteiger partial charge in [0.2, 0.25) is 0 Å². The zero-order valence-electron chi connectivity index (χ0n) is 24.9. The largest absolute Gasteiger partial charge is 0.468 e. The van der Waals surface area contributed by atoms with Gasteiger partial charge in [0.05, 0.1) is 19.8 Å². The van der Waals surface area contributed by atoms with E-state index in [0.717, 1.165) is 5.56 Å². The van der Waals surface area contributed by atoms with Gasteiger partial charge in [0.1, 0.15) is 24.0 Å². The standard InChI is InChI=1S/C30H47N3O7/c1-8-23(25-21-39-30(5,6)33(25)28(36)40-29(2,3)4)17-19-31-24(26(34)37-7)16-12-13-18-32-27(35)38-20-22-14-10-9-11-15-22/h8-11,14-15,23-25,31H,1,12-13,16-21H2,2-7H3,(H,32,35)/t23-,24+,25-/m1/s1. The summed E-state index contributed by atoms with van der Waals surface area (Å²) < 4.78 is 21.8. The monoisotopic (exact) mass is 561 g/mol. The number of ether oxygens (including phenoxy) is 4. The molecule has 0 bridgehead atoms. The molecule has 2 amide bonds. The van der Waals surface area contributed by atoms with Gasteiger partial charge in [0.15, 0.2) is 0 Å². The van der Waals surface area contributed by atoms with E-state index in [1.165, 1.54) is 7.11 Å². The number of carbonyl (C=O) groups excluding carboxylic acids is 3. The van der Waals surface area contributed by atoms with Gasteiger partial charge in [-0.1, -0.05) is 36.4 Å². The lowest BCUT2D eigenvalue weighted by atomic mass is 9.95. The maximum Gasteiger partial charge on any atom is 0.412 e. The van der Waals surface area contributed by atoms with E-state index in [1.807, 2.05) is 71.0 Å². The fraction of sp³-hybridized carbons (Fsp3) is 0.633. The Morgan fingerprint density at radius 2 is 1.85 bits per heavy atom. The zero-order chi connectivity index (χ0) is 29.8. The molecule has 1 aliphatic rings. The number of hydrogen-bond donors (Lipinski definition) is 2. The van der Waals surface area contributed by atoms with Gasteiger partial charge < -0.3 is 29.6 Å². The van der Waals surface area contributed by atoms with E-state index in [9.17, 15) is 14.4 Å². The summed E-state index contributed by atoms with van der Waals surface area (Å²) in [6.45, 7) is 14.7. The number of esters is 1. The van der Waals surface area contributed by atoms with Crippen LogP contribution in [0.1, 0.15) is 65.9 Å². The summed E-state index contributed by atoms with van der Waals surface area (Å²) in [5, 5.41) is 6.03. The van der Waals surface area contributed by atoms with Crippen LogP contribution in [0.15, 0.2) is 43.0 Å². The summed E-state index contributed by atoms with van der Waals surface area (Å²) in [6, 6.07) is 8.74. The molecule has 0 spiro atoms. The van der Waals surface area contributed by atoms with Crippen LogP contribution in [0.25, 0.3) is 0 Å². The van der Waals surface area contributed by atoms with Crippen molar-refractivity contribution >= 4 is 18.2 Å². The number of benzene rings is 1. The van der Waals surface area contributed by atoms with Crippen molar-refractivity contribution in [2.45, 2.75) is 90.3 Å². The predicted octanol–water partition coefficient (Wildman–Crippen LogP) is 4.78. The number of nitrogens with zero attached hydrogens (tertiary/aromatic N) is 1. The first-order valence-electron chi connectivity index (χ1n) is 13.9. The number of nitrogens with one attached hydrogen (secondary N) is 2. The predicted molar refractivity (Wildman–Crippen MR) is 152 cm³/mol. The Kier molecular flexibility index (Phi) is 12.9. The minimum atomic E-state index is -0.807. The van der Waals surface area contributed by atoms with E-state index < -0.39 is 29.6 Å². The highest BCUT2D eigenvalue weighted by Gasteiger charge is 2.47. The number of hydrogen-bond acceptors (Lipinski definition) is 8. The zero-order valence-corrected chi connectivity index (χ0v) is 24.9. The van der Waals surface area contributed by atoms with E-state index in [1.54, 1.807) is 4.90 Å². The second kappa shape index (κ2) is 15.6. The molecular formula is C30H47N3O7. The Bertz CT molecular complexity index is 962. The molecule has 10 heteroatoms. The Morgan fingerprint density at radius 3 is 2.48 bits per heavy atom. The Balaban J connectivity index is 1.80. The fourth-order valence-electron chi connectivity index (χ4n) is 4.59. The Hall–Kier alpha value is -3.11. The minimum Gasteiger partial charge on any atom is -0.468 e. The molecule has 40 heavy (non-hydrogen) atoms. The molecule has 1 fully saturated rings. The van der Waals surface area contributed by atoms with Crippen LogP contribution in [0.5, 0.6) is 0 Å². The van der Waals surface area contributed by atoms with Gasteiger partial charge in [-0.05, 0) is 72.4 Å². The van der Waals surface area contributed by atoms with E-state index in [0.29, 0.717) is 45.4 Å². The van der Waals surface area contributed by atoms with E-state index >= 15 is 0 Å². The van der Waals surface area contributed by atoms with E-state index in [2.05, 4.69) is 17.2 Å². The quantitative estimate of drug-likeness (QED) is 0.144. The first-order valence-corrected chi connectivity index (χ1v) is 13.9. The van der Waals surface area contributed by atoms with Gasteiger partial charge in [0.25, 0.3) is 0 Å². The lowest BCUT2D eigenvalue weighted by Gasteiger charge is -2.37. The third-order valence-electron chi connectivity index (χ3n) is 6.66. The molecule has 0 radical (unpaired) electrons. The number of alkyl carbamates (subject to hydrolysis) is 1. The molecule has 3 atom stereocenters. The molecule has 0 saturated carbocycles. The summed E-state index contributed by atoms with van der Waals surface area (Å²) in [5.74, 6) is -0.419. The Labute approximate surface area is 238 Å². The molecule has 0 unspecified atom stereocenters. The normalized spacial score (nSPS) is 17.9. The molecule has 0 aliphatic carbocycles. The van der Waals surface area contributed by atoms with Crippen LogP contribution in [-0.2, 0) is 30.3 Å². The van der Waals surface area contributed by atoms with Gasteiger partial charge in [-0.2, -0.15) is 0 Å². The van der Waals surface area contributed by atoms with Crippen LogP contribution in [0.3, 0.4) is 0 Å². The summed E-state index contributed by atoms with van der Waals surface area (Å²) in [6.07, 6.45) is 3.50. The number of methoxy groups -OCH3 is 1. The van der Waals surface area contributed by atoms with E-state index in [4.69, 9.17) is 18.9 Å². The van der Waals surface area contributed by atoms with Gasteiger partial charge in [0, 0.05) is 12.5 Å². The van der Waals surface area contributed by atoms with Crippen molar-refractivity contribution in [3.63, 3.8) is 0 Å². The molecule has 224 valence electrons. The smallest absolute Gasteiger partial charge is 0.412 e. The highest BCUT2D eigenvalue weighted by atomic mass is 16.6. The van der Waals surface area contributed by atoms with Crippen LogP contribution >= 0.6 is 0 Å². The maximum absolute atomic E-state index is 13.0. The van der Waals surface area contributed by atoms with E-state index in [-0.39, 0.29) is 24.5 Å². The summed E-state index contributed by atoms with van der Waals surface area (Å²) in [7, 11) is 1.37. The van der Waals surface area contributed by atoms with Crippen LogP contribution in [-0.4, -0.2) is 73.3 Å². The van der Waals surface area contributed by atoms with Gasteiger partial charge in [-0.15, -0.1) is 6.58 Å². The second-order valence-electron chi connectivity index (χ2n) is 11.4. The number of carbonyl (C=O) groups is 3. The summed E-state index contributed by atoms with van der Waals surface area (Å²) in [4.78, 5) is 39.0. The van der Waals surface area contributed by atoms with Gasteiger partial charge >= 0.3 is 18.2 Å². The van der Waals surface area contributed by atoms with Crippen molar-refractivity contribution in [1.82, 2.24) is 15.5 Å². The molecule has 0 aromatic heterocycles. The lowest BCUT2D eigenvalue weighted by molar-refractivity contribution is -0.143. The van der Waals surface area contributed by atoms with Crippen LogP contribution in [0, 0.1) is 5.92 Å². The Morgan fingerprint density at radius 1 is 1.15 bits per heavy atom. The molecule has 2 rings (SSSR count). The average Bonchev–Trinajstić information content (AvgIpc) is 3.22. The molecule has 10 nitrogen and oxygen atoms in total. The fourth-order valence-corrected chi connectivity index (χ4v) is 4.59. The van der Waals surface area contributed by atoms with Crippen LogP contribution in [0.4, 0.5) is 9.59 Å². The average molecular weight is 562 g/mol. The number of rotatable bonds is 14. The summed E-state index contributed by atoms with van der Waals surface area (Å²) >= 11 is 0. The molecule has 1 saturated heterocycles. The highest BCUT2D eigenvalue weighted by molar-refractivity contribution is 5.75. The second-order valence-corrected chi connectivity index (χ2v) is 11.4. The van der Waals surface area contributed by atoms with Crippen molar-refractivity contribution in [2.75, 3.05) is 26.8 Å². The topological polar surface area (TPSA) is 115 Å². The maximum atomic E-state index is 13.0. The van der Waals surface area contributed by atoms with Gasteiger partial charge in [-0.3, -0.25) is 9.69 Å². The van der Waals surface area contributed by atoms with Crippen molar-refractivity contribution < 1.29 is 33.3 Å².